The van der Waals surface area contributed by atoms with Crippen molar-refractivity contribution in [3.63, 3.8) is 0 Å². The third kappa shape index (κ3) is 4.05. The molecule has 0 unspecified atom stereocenters. The fourth-order valence-corrected chi connectivity index (χ4v) is 2.44. The van der Waals surface area contributed by atoms with Crippen molar-refractivity contribution in [1.82, 2.24) is 5.32 Å². The Morgan fingerprint density at radius 1 is 1.29 bits per heavy atom. The van der Waals surface area contributed by atoms with E-state index in [1.165, 1.54) is 12.1 Å². The van der Waals surface area contributed by atoms with Gasteiger partial charge in [-0.1, -0.05) is 41.9 Å². The standard InChI is InChI=1S/C17H17ClFNO/c1-11-5-3-4-6-15(11)12(2)20-17(21)9-13-7-8-14(18)10-16(13)19/h3-8,10,12H,9H2,1-2H3,(H,20,21)/t12-/m1/s1. The number of carbonyl (C=O) groups excluding carboxylic acids is 1. The number of nitrogens with one attached hydrogen (secondary N) is 1. The lowest BCUT2D eigenvalue weighted by molar-refractivity contribution is -0.121. The summed E-state index contributed by atoms with van der Waals surface area (Å²) in [6.07, 6.45) is -0.000770. The molecule has 0 heterocycles. The minimum atomic E-state index is -0.457. The normalized spacial score (nSPS) is 12.0. The average molecular weight is 306 g/mol. The van der Waals surface area contributed by atoms with Crippen LogP contribution in [0.25, 0.3) is 0 Å². The SMILES string of the molecule is Cc1ccccc1[C@@H](C)NC(=O)Cc1ccc(Cl)cc1F. The molecule has 2 nitrogen and oxygen atoms in total. The fourth-order valence-electron chi connectivity index (χ4n) is 2.28. The molecule has 21 heavy (non-hydrogen) atoms. The van der Waals surface area contributed by atoms with E-state index in [1.54, 1.807) is 6.07 Å². The van der Waals surface area contributed by atoms with Crippen LogP contribution in [0, 0.1) is 12.7 Å². The summed E-state index contributed by atoms with van der Waals surface area (Å²) in [6.45, 7) is 3.91. The predicted molar refractivity (Wildman–Crippen MR) is 82.9 cm³/mol. The zero-order valence-corrected chi connectivity index (χ0v) is 12.7. The average Bonchev–Trinajstić information content (AvgIpc) is 2.42. The molecule has 1 N–H and O–H groups in total. The fraction of sp³-hybridized carbons (Fsp3) is 0.235. The maximum absolute atomic E-state index is 13.7. The summed E-state index contributed by atoms with van der Waals surface area (Å²) >= 11 is 5.69. The van der Waals surface area contributed by atoms with E-state index in [0.29, 0.717) is 10.6 Å². The zero-order valence-electron chi connectivity index (χ0n) is 12.0. The van der Waals surface area contributed by atoms with Gasteiger partial charge in [-0.05, 0) is 42.7 Å². The second-order valence-electron chi connectivity index (χ2n) is 5.06. The molecule has 0 bridgehead atoms. The number of benzene rings is 2. The first-order valence-corrected chi connectivity index (χ1v) is 7.14. The van der Waals surface area contributed by atoms with Crippen molar-refractivity contribution < 1.29 is 9.18 Å². The highest BCUT2D eigenvalue weighted by Gasteiger charge is 2.13. The highest BCUT2D eigenvalue weighted by atomic mass is 35.5. The highest BCUT2D eigenvalue weighted by Crippen LogP contribution is 2.18. The number of rotatable bonds is 4. The molecule has 2 rings (SSSR count). The molecule has 110 valence electrons. The van der Waals surface area contributed by atoms with Crippen LogP contribution < -0.4 is 5.32 Å². The van der Waals surface area contributed by atoms with Gasteiger partial charge in [-0.3, -0.25) is 4.79 Å². The first-order chi connectivity index (χ1) is 9.97. The van der Waals surface area contributed by atoms with E-state index < -0.39 is 5.82 Å². The minimum Gasteiger partial charge on any atom is -0.349 e. The monoisotopic (exact) mass is 305 g/mol. The van der Waals surface area contributed by atoms with Crippen molar-refractivity contribution in [2.24, 2.45) is 0 Å². The predicted octanol–water partition coefficient (Wildman–Crippen LogP) is 4.21. The van der Waals surface area contributed by atoms with Crippen LogP contribution in [0.3, 0.4) is 0 Å². The molecule has 0 aliphatic rings. The lowest BCUT2D eigenvalue weighted by atomic mass is 10.0. The van der Waals surface area contributed by atoms with Gasteiger partial charge in [-0.25, -0.2) is 4.39 Å². The van der Waals surface area contributed by atoms with Crippen LogP contribution in [0.4, 0.5) is 4.39 Å². The molecule has 0 radical (unpaired) electrons. The minimum absolute atomic E-state index is 0.000770. The Morgan fingerprint density at radius 2 is 2.00 bits per heavy atom. The van der Waals surface area contributed by atoms with Crippen LogP contribution in [-0.4, -0.2) is 5.91 Å². The maximum Gasteiger partial charge on any atom is 0.225 e. The lowest BCUT2D eigenvalue weighted by Crippen LogP contribution is -2.28. The van der Waals surface area contributed by atoms with Crippen molar-refractivity contribution in [1.29, 1.82) is 0 Å². The molecule has 0 aliphatic heterocycles. The summed E-state index contributed by atoms with van der Waals surface area (Å²) in [5, 5.41) is 3.21. The quantitative estimate of drug-likeness (QED) is 0.901. The summed E-state index contributed by atoms with van der Waals surface area (Å²) in [5.74, 6) is -0.673. The molecule has 1 atom stereocenters. The summed E-state index contributed by atoms with van der Waals surface area (Å²) in [5.41, 5.74) is 2.51. The van der Waals surface area contributed by atoms with E-state index >= 15 is 0 Å². The van der Waals surface area contributed by atoms with Gasteiger partial charge in [-0.15, -0.1) is 0 Å². The number of hydrogen-bond donors (Lipinski definition) is 1. The van der Waals surface area contributed by atoms with E-state index in [0.717, 1.165) is 11.1 Å². The molecule has 0 saturated heterocycles. The Kier molecular flexibility index (Phi) is 4.97. The topological polar surface area (TPSA) is 29.1 Å². The van der Waals surface area contributed by atoms with E-state index in [1.807, 2.05) is 38.1 Å². The number of aryl methyl sites for hydroxylation is 1. The Balaban J connectivity index is 2.03. The van der Waals surface area contributed by atoms with Gasteiger partial charge >= 0.3 is 0 Å². The van der Waals surface area contributed by atoms with E-state index in [9.17, 15) is 9.18 Å². The zero-order chi connectivity index (χ0) is 15.4. The van der Waals surface area contributed by atoms with Gasteiger partial charge in [-0.2, -0.15) is 0 Å². The van der Waals surface area contributed by atoms with Crippen LogP contribution in [0.15, 0.2) is 42.5 Å². The molecule has 0 aromatic heterocycles. The van der Waals surface area contributed by atoms with Crippen LogP contribution in [0.5, 0.6) is 0 Å². The Labute approximate surface area is 128 Å². The van der Waals surface area contributed by atoms with Gasteiger partial charge < -0.3 is 5.32 Å². The molecule has 1 amide bonds. The summed E-state index contributed by atoms with van der Waals surface area (Å²) < 4.78 is 13.7. The summed E-state index contributed by atoms with van der Waals surface area (Å²) in [4.78, 5) is 12.0. The Morgan fingerprint density at radius 3 is 2.67 bits per heavy atom. The number of carbonyl (C=O) groups is 1. The van der Waals surface area contributed by atoms with E-state index in [4.69, 9.17) is 11.6 Å². The molecule has 0 spiro atoms. The van der Waals surface area contributed by atoms with Gasteiger partial charge in [0.2, 0.25) is 5.91 Å². The molecule has 0 saturated carbocycles. The maximum atomic E-state index is 13.7. The van der Waals surface area contributed by atoms with Crippen molar-refractivity contribution in [2.75, 3.05) is 0 Å². The second kappa shape index (κ2) is 6.72. The van der Waals surface area contributed by atoms with Gasteiger partial charge in [0.1, 0.15) is 5.82 Å². The molecule has 0 aliphatic carbocycles. The lowest BCUT2D eigenvalue weighted by Gasteiger charge is -2.16. The van der Waals surface area contributed by atoms with Crippen LogP contribution >= 0.6 is 11.6 Å². The van der Waals surface area contributed by atoms with Crippen molar-refractivity contribution >= 4 is 17.5 Å². The smallest absolute Gasteiger partial charge is 0.225 e. The summed E-state index contributed by atoms with van der Waals surface area (Å²) in [6, 6.07) is 12.1. The van der Waals surface area contributed by atoms with Crippen LogP contribution in [0.1, 0.15) is 29.7 Å². The van der Waals surface area contributed by atoms with Crippen LogP contribution in [0.2, 0.25) is 5.02 Å². The molecule has 4 heteroatoms. The van der Waals surface area contributed by atoms with E-state index in [-0.39, 0.29) is 18.4 Å². The van der Waals surface area contributed by atoms with Gasteiger partial charge in [0, 0.05) is 5.02 Å². The number of halogens is 2. The van der Waals surface area contributed by atoms with E-state index in [2.05, 4.69) is 5.32 Å². The van der Waals surface area contributed by atoms with Gasteiger partial charge in [0.25, 0.3) is 0 Å². The molecular weight excluding hydrogens is 289 g/mol. The third-order valence-corrected chi connectivity index (χ3v) is 3.63. The Hall–Kier alpha value is -1.87. The molecule has 2 aromatic carbocycles. The highest BCUT2D eigenvalue weighted by molar-refractivity contribution is 6.30. The molecule has 2 aromatic rings. The van der Waals surface area contributed by atoms with Crippen molar-refractivity contribution in [2.45, 2.75) is 26.3 Å². The number of amides is 1. The number of hydrogen-bond acceptors (Lipinski definition) is 1. The largest absolute Gasteiger partial charge is 0.349 e. The first kappa shape index (κ1) is 15.5. The van der Waals surface area contributed by atoms with Gasteiger partial charge in [0.15, 0.2) is 0 Å². The second-order valence-corrected chi connectivity index (χ2v) is 5.49. The first-order valence-electron chi connectivity index (χ1n) is 6.76. The van der Waals surface area contributed by atoms with Crippen LogP contribution in [-0.2, 0) is 11.2 Å². The van der Waals surface area contributed by atoms with Crippen molar-refractivity contribution in [3.8, 4) is 0 Å². The van der Waals surface area contributed by atoms with Crippen molar-refractivity contribution in [3.05, 3.63) is 70.0 Å². The molecular formula is C17H17ClFNO. The Bertz CT molecular complexity index is 657. The summed E-state index contributed by atoms with van der Waals surface area (Å²) in [7, 11) is 0. The third-order valence-electron chi connectivity index (χ3n) is 3.40. The molecule has 0 fully saturated rings. The van der Waals surface area contributed by atoms with Gasteiger partial charge in [0.05, 0.1) is 12.5 Å².